The molecule has 1 aliphatic rings. The van der Waals surface area contributed by atoms with Gasteiger partial charge in [0.25, 0.3) is 0 Å². The Bertz CT molecular complexity index is 788. The first kappa shape index (κ1) is 15.6. The van der Waals surface area contributed by atoms with Crippen LogP contribution in [0.4, 0.5) is 5.69 Å². The third kappa shape index (κ3) is 3.22. The van der Waals surface area contributed by atoms with E-state index in [2.05, 4.69) is 21.2 Å². The van der Waals surface area contributed by atoms with Gasteiger partial charge < -0.3 is 14.8 Å². The number of nitrogens with one attached hydrogen (secondary N) is 1. The Morgan fingerprint density at radius 3 is 2.35 bits per heavy atom. The molecule has 118 valence electrons. The van der Waals surface area contributed by atoms with E-state index in [1.807, 2.05) is 6.07 Å². The molecular weight excluding hydrogens is 362 g/mol. The van der Waals surface area contributed by atoms with E-state index in [0.29, 0.717) is 46.0 Å². The molecule has 0 saturated carbocycles. The van der Waals surface area contributed by atoms with E-state index in [0.717, 1.165) is 0 Å². The maximum Gasteiger partial charge on any atom is 0.221 e. The van der Waals surface area contributed by atoms with Crippen molar-refractivity contribution in [1.29, 1.82) is 0 Å². The summed E-state index contributed by atoms with van der Waals surface area (Å²) < 4.78 is 11.7. The van der Waals surface area contributed by atoms with Gasteiger partial charge in [0.05, 0.1) is 11.3 Å². The van der Waals surface area contributed by atoms with Gasteiger partial charge in [-0.1, -0.05) is 28.1 Å². The molecule has 0 aliphatic carbocycles. The Kier molecular flexibility index (Phi) is 4.34. The predicted octanol–water partition coefficient (Wildman–Crippen LogP) is 3.41. The van der Waals surface area contributed by atoms with Gasteiger partial charge in [0.1, 0.15) is 13.2 Å². The Morgan fingerprint density at radius 2 is 1.70 bits per heavy atom. The zero-order valence-corrected chi connectivity index (χ0v) is 14.0. The van der Waals surface area contributed by atoms with Gasteiger partial charge in [-0.05, 0) is 18.2 Å². The number of hydrogen-bond donors (Lipinski definition) is 1. The average molecular weight is 376 g/mol. The minimum Gasteiger partial charge on any atom is -0.486 e. The Morgan fingerprint density at radius 1 is 1.04 bits per heavy atom. The quantitative estimate of drug-likeness (QED) is 0.834. The molecule has 5 nitrogen and oxygen atoms in total. The third-order valence-corrected chi connectivity index (χ3v) is 4.05. The normalized spacial score (nSPS) is 12.6. The molecule has 2 aromatic carbocycles. The summed E-state index contributed by atoms with van der Waals surface area (Å²) in [4.78, 5) is 24.3. The van der Waals surface area contributed by atoms with Gasteiger partial charge in [0.15, 0.2) is 17.3 Å². The molecule has 0 fully saturated rings. The highest BCUT2D eigenvalue weighted by atomic mass is 79.9. The van der Waals surface area contributed by atoms with E-state index in [9.17, 15) is 9.59 Å². The van der Waals surface area contributed by atoms with Crippen molar-refractivity contribution in [1.82, 2.24) is 0 Å². The zero-order chi connectivity index (χ0) is 16.4. The number of amides is 1. The first-order valence-corrected chi connectivity index (χ1v) is 7.86. The molecule has 3 rings (SSSR count). The number of carbonyl (C=O) groups is 2. The van der Waals surface area contributed by atoms with Crippen LogP contribution in [0, 0.1) is 0 Å². The Hall–Kier alpha value is -2.34. The topological polar surface area (TPSA) is 64.6 Å². The molecule has 0 radical (unpaired) electrons. The van der Waals surface area contributed by atoms with Crippen molar-refractivity contribution in [3.8, 4) is 11.5 Å². The van der Waals surface area contributed by atoms with Crippen LogP contribution < -0.4 is 14.8 Å². The van der Waals surface area contributed by atoms with Crippen LogP contribution in [0.1, 0.15) is 22.8 Å². The lowest BCUT2D eigenvalue weighted by atomic mass is 10.0. The lowest BCUT2D eigenvalue weighted by Gasteiger charge is -2.21. The first-order valence-electron chi connectivity index (χ1n) is 7.06. The lowest BCUT2D eigenvalue weighted by Crippen LogP contribution is -2.18. The molecule has 0 spiro atoms. The molecule has 6 heteroatoms. The van der Waals surface area contributed by atoms with Crippen molar-refractivity contribution in [2.75, 3.05) is 18.5 Å². The van der Waals surface area contributed by atoms with Crippen molar-refractivity contribution < 1.29 is 19.1 Å². The fraction of sp³-hybridized carbons (Fsp3) is 0.176. The van der Waals surface area contributed by atoms with Crippen molar-refractivity contribution in [3.63, 3.8) is 0 Å². The van der Waals surface area contributed by atoms with Crippen LogP contribution in [0.3, 0.4) is 0 Å². The Labute approximate surface area is 141 Å². The zero-order valence-electron chi connectivity index (χ0n) is 12.4. The largest absolute Gasteiger partial charge is 0.486 e. The summed E-state index contributed by atoms with van der Waals surface area (Å²) in [7, 11) is 0. The SMILES string of the molecule is CC(=O)Nc1cc2c(cc1C(=O)c1ccccc1Br)OCCO2. The summed E-state index contributed by atoms with van der Waals surface area (Å²) in [6.07, 6.45) is 0. The monoisotopic (exact) mass is 375 g/mol. The maximum absolute atomic E-state index is 12.9. The summed E-state index contributed by atoms with van der Waals surface area (Å²) >= 11 is 3.38. The number of ether oxygens (including phenoxy) is 2. The standard InChI is InChI=1S/C17H14BrNO4/c1-10(20)19-14-9-16-15(22-6-7-23-16)8-12(14)17(21)11-4-2-3-5-13(11)18/h2-5,8-9H,6-7H2,1H3,(H,19,20). The summed E-state index contributed by atoms with van der Waals surface area (Å²) in [5.74, 6) is 0.547. The first-order chi connectivity index (χ1) is 11.1. The van der Waals surface area contributed by atoms with E-state index in [1.54, 1.807) is 30.3 Å². The average Bonchev–Trinajstić information content (AvgIpc) is 2.53. The van der Waals surface area contributed by atoms with Crippen LogP contribution in [-0.4, -0.2) is 24.9 Å². The molecule has 0 bridgehead atoms. The summed E-state index contributed by atoms with van der Waals surface area (Å²) in [5.41, 5.74) is 1.27. The molecule has 23 heavy (non-hydrogen) atoms. The molecule has 2 aromatic rings. The molecule has 1 N–H and O–H groups in total. The molecule has 0 saturated heterocycles. The number of ketones is 1. The lowest BCUT2D eigenvalue weighted by molar-refractivity contribution is -0.114. The van der Waals surface area contributed by atoms with Crippen LogP contribution in [-0.2, 0) is 4.79 Å². The number of hydrogen-bond acceptors (Lipinski definition) is 4. The van der Waals surface area contributed by atoms with Gasteiger partial charge in [0.2, 0.25) is 5.91 Å². The highest BCUT2D eigenvalue weighted by molar-refractivity contribution is 9.10. The van der Waals surface area contributed by atoms with E-state index >= 15 is 0 Å². The molecule has 0 atom stereocenters. The number of rotatable bonds is 3. The van der Waals surface area contributed by atoms with Gasteiger partial charge in [0, 0.05) is 23.0 Å². The fourth-order valence-corrected chi connectivity index (χ4v) is 2.82. The molecule has 1 amide bonds. The number of fused-ring (bicyclic) bond motifs is 1. The molecule has 1 heterocycles. The van der Waals surface area contributed by atoms with Crippen LogP contribution in [0.25, 0.3) is 0 Å². The van der Waals surface area contributed by atoms with E-state index < -0.39 is 0 Å². The summed E-state index contributed by atoms with van der Waals surface area (Å²) in [6.45, 7) is 2.25. The van der Waals surface area contributed by atoms with Gasteiger partial charge in [-0.3, -0.25) is 9.59 Å². The number of benzene rings is 2. The summed E-state index contributed by atoms with van der Waals surface area (Å²) in [5, 5.41) is 2.68. The summed E-state index contributed by atoms with van der Waals surface area (Å²) in [6, 6.07) is 10.4. The fourth-order valence-electron chi connectivity index (χ4n) is 2.36. The van der Waals surface area contributed by atoms with Crippen LogP contribution >= 0.6 is 15.9 Å². The second-order valence-corrected chi connectivity index (χ2v) is 5.89. The van der Waals surface area contributed by atoms with Crippen LogP contribution in [0.2, 0.25) is 0 Å². The van der Waals surface area contributed by atoms with Gasteiger partial charge in [-0.2, -0.15) is 0 Å². The third-order valence-electron chi connectivity index (χ3n) is 3.36. The predicted molar refractivity (Wildman–Crippen MR) is 89.3 cm³/mol. The minimum atomic E-state index is -0.261. The number of anilines is 1. The van der Waals surface area contributed by atoms with Crippen molar-refractivity contribution >= 4 is 33.3 Å². The second kappa shape index (κ2) is 6.42. The maximum atomic E-state index is 12.9. The van der Waals surface area contributed by atoms with Crippen molar-refractivity contribution in [2.24, 2.45) is 0 Å². The number of carbonyl (C=O) groups excluding carboxylic acids is 2. The van der Waals surface area contributed by atoms with Crippen molar-refractivity contribution in [2.45, 2.75) is 6.92 Å². The van der Waals surface area contributed by atoms with Crippen LogP contribution in [0.5, 0.6) is 11.5 Å². The smallest absolute Gasteiger partial charge is 0.221 e. The number of halogens is 1. The van der Waals surface area contributed by atoms with Crippen molar-refractivity contribution in [3.05, 3.63) is 52.0 Å². The van der Waals surface area contributed by atoms with Gasteiger partial charge >= 0.3 is 0 Å². The molecular formula is C17H14BrNO4. The van der Waals surface area contributed by atoms with Gasteiger partial charge in [-0.15, -0.1) is 0 Å². The molecule has 0 unspecified atom stereocenters. The Balaban J connectivity index is 2.10. The highest BCUT2D eigenvalue weighted by Gasteiger charge is 2.22. The van der Waals surface area contributed by atoms with E-state index in [4.69, 9.17) is 9.47 Å². The van der Waals surface area contributed by atoms with E-state index in [-0.39, 0.29) is 11.7 Å². The minimum absolute atomic E-state index is 0.210. The van der Waals surface area contributed by atoms with Gasteiger partial charge in [-0.25, -0.2) is 0 Å². The second-order valence-electron chi connectivity index (χ2n) is 5.03. The molecule has 0 aromatic heterocycles. The molecule has 1 aliphatic heterocycles. The van der Waals surface area contributed by atoms with Crippen LogP contribution in [0.15, 0.2) is 40.9 Å². The highest BCUT2D eigenvalue weighted by Crippen LogP contribution is 2.37. The van der Waals surface area contributed by atoms with E-state index in [1.165, 1.54) is 6.92 Å².